The molecule has 0 spiro atoms. The van der Waals surface area contributed by atoms with Crippen LogP contribution in [-0.4, -0.2) is 35.6 Å². The van der Waals surface area contributed by atoms with Gasteiger partial charge in [-0.05, 0) is 32.5 Å². The van der Waals surface area contributed by atoms with Crippen molar-refractivity contribution in [3.8, 4) is 0 Å². The highest BCUT2D eigenvalue weighted by Crippen LogP contribution is 2.34. The highest BCUT2D eigenvalue weighted by Gasteiger charge is 2.36. The number of halogens is 1. The number of rotatable bonds is 5. The lowest BCUT2D eigenvalue weighted by atomic mass is 9.95. The second kappa shape index (κ2) is 5.65. The molecule has 0 saturated heterocycles. The number of likely N-dealkylation sites (N-methyl/N-ethyl adjacent to an activating group) is 1. The van der Waals surface area contributed by atoms with E-state index >= 15 is 0 Å². The zero-order chi connectivity index (χ0) is 13.0. The molecular formula is C14H22FN3. The average Bonchev–Trinajstić information content (AvgIpc) is 2.87. The fourth-order valence-electron chi connectivity index (χ4n) is 2.84. The second-order valence-corrected chi connectivity index (χ2v) is 5.15. The maximum Gasteiger partial charge on any atom is 0.164 e. The molecule has 1 saturated carbocycles. The van der Waals surface area contributed by atoms with E-state index < -0.39 is 0 Å². The molecule has 1 fully saturated rings. The van der Waals surface area contributed by atoms with Crippen LogP contribution in [0, 0.1) is 5.82 Å². The average molecular weight is 251 g/mol. The third-order valence-corrected chi connectivity index (χ3v) is 4.20. The van der Waals surface area contributed by atoms with Gasteiger partial charge >= 0.3 is 0 Å². The topological polar surface area (TPSA) is 28.2 Å². The third-order valence-electron chi connectivity index (χ3n) is 4.20. The Morgan fingerprint density at radius 3 is 2.78 bits per heavy atom. The molecule has 3 nitrogen and oxygen atoms in total. The maximum atomic E-state index is 13.5. The Labute approximate surface area is 108 Å². The highest BCUT2D eigenvalue weighted by atomic mass is 19.1. The second-order valence-electron chi connectivity index (χ2n) is 5.15. The number of hydrogen-bond donors (Lipinski definition) is 1. The highest BCUT2D eigenvalue weighted by molar-refractivity contribution is 5.43. The molecule has 0 bridgehead atoms. The van der Waals surface area contributed by atoms with E-state index in [-0.39, 0.29) is 11.4 Å². The Morgan fingerprint density at radius 1 is 1.44 bits per heavy atom. The first-order valence-corrected chi connectivity index (χ1v) is 6.72. The fraction of sp³-hybridized carbons (Fsp3) is 0.643. The van der Waals surface area contributed by atoms with Crippen molar-refractivity contribution in [1.29, 1.82) is 0 Å². The van der Waals surface area contributed by atoms with Crippen molar-refractivity contribution in [2.45, 2.75) is 38.1 Å². The Hall–Kier alpha value is -1.16. The minimum Gasteiger partial charge on any atom is -0.381 e. The molecule has 1 aliphatic rings. The van der Waals surface area contributed by atoms with Crippen molar-refractivity contribution in [3.63, 3.8) is 0 Å². The molecule has 0 aliphatic heterocycles. The van der Waals surface area contributed by atoms with Crippen molar-refractivity contribution < 1.29 is 4.39 Å². The van der Waals surface area contributed by atoms with Crippen molar-refractivity contribution in [2.24, 2.45) is 0 Å². The predicted octanol–water partition coefficient (Wildman–Crippen LogP) is 2.90. The van der Waals surface area contributed by atoms with E-state index in [4.69, 9.17) is 0 Å². The molecule has 0 unspecified atom stereocenters. The zero-order valence-corrected chi connectivity index (χ0v) is 11.2. The predicted molar refractivity (Wildman–Crippen MR) is 72.2 cm³/mol. The summed E-state index contributed by atoms with van der Waals surface area (Å²) >= 11 is 0. The molecule has 1 aromatic heterocycles. The standard InChI is InChI=1S/C14H22FN3/c1-3-18(2)14(7-4-5-8-14)11-17-13-6-9-16-10-12(13)15/h6,9-10H,3-5,7-8,11H2,1-2H3,(H,16,17). The number of hydrogen-bond acceptors (Lipinski definition) is 3. The van der Waals surface area contributed by atoms with Crippen molar-refractivity contribution >= 4 is 5.69 Å². The van der Waals surface area contributed by atoms with Crippen LogP contribution in [0.1, 0.15) is 32.6 Å². The van der Waals surface area contributed by atoms with Crippen LogP contribution in [0.3, 0.4) is 0 Å². The van der Waals surface area contributed by atoms with Gasteiger partial charge in [0.05, 0.1) is 11.9 Å². The molecule has 2 rings (SSSR count). The molecule has 0 radical (unpaired) electrons. The molecular weight excluding hydrogens is 229 g/mol. The summed E-state index contributed by atoms with van der Waals surface area (Å²) in [6, 6.07) is 1.70. The number of aromatic nitrogens is 1. The number of nitrogens with zero attached hydrogens (tertiary/aromatic N) is 2. The summed E-state index contributed by atoms with van der Waals surface area (Å²) in [7, 11) is 2.16. The molecule has 1 heterocycles. The normalized spacial score (nSPS) is 18.2. The third kappa shape index (κ3) is 2.64. The van der Waals surface area contributed by atoms with Gasteiger partial charge in [0.15, 0.2) is 5.82 Å². The Balaban J connectivity index is 2.05. The number of nitrogens with one attached hydrogen (secondary N) is 1. The van der Waals surface area contributed by atoms with Crippen LogP contribution in [0.15, 0.2) is 18.5 Å². The van der Waals surface area contributed by atoms with Gasteiger partial charge in [-0.3, -0.25) is 9.88 Å². The Morgan fingerprint density at radius 2 is 2.17 bits per heavy atom. The smallest absolute Gasteiger partial charge is 0.164 e. The molecule has 0 atom stereocenters. The summed E-state index contributed by atoms with van der Waals surface area (Å²) in [6.07, 6.45) is 7.80. The minimum atomic E-state index is -0.273. The molecule has 0 aromatic carbocycles. The van der Waals surface area contributed by atoms with E-state index in [9.17, 15) is 4.39 Å². The van der Waals surface area contributed by atoms with Gasteiger partial charge in [-0.25, -0.2) is 4.39 Å². The van der Waals surface area contributed by atoms with Crippen LogP contribution >= 0.6 is 0 Å². The van der Waals surface area contributed by atoms with Crippen LogP contribution in [0.2, 0.25) is 0 Å². The summed E-state index contributed by atoms with van der Waals surface area (Å²) in [5.41, 5.74) is 0.741. The van der Waals surface area contributed by atoms with Crippen molar-refractivity contribution in [2.75, 3.05) is 25.5 Å². The van der Waals surface area contributed by atoms with Gasteiger partial charge in [0.2, 0.25) is 0 Å². The largest absolute Gasteiger partial charge is 0.381 e. The van der Waals surface area contributed by atoms with Crippen molar-refractivity contribution in [3.05, 3.63) is 24.3 Å². The van der Waals surface area contributed by atoms with E-state index in [1.165, 1.54) is 31.9 Å². The summed E-state index contributed by atoms with van der Waals surface area (Å²) in [6.45, 7) is 4.01. The van der Waals surface area contributed by atoms with E-state index in [1.54, 1.807) is 12.3 Å². The van der Waals surface area contributed by atoms with Crippen LogP contribution in [0.4, 0.5) is 10.1 Å². The Kier molecular flexibility index (Phi) is 4.17. The lowest BCUT2D eigenvalue weighted by molar-refractivity contribution is 0.144. The van der Waals surface area contributed by atoms with Crippen LogP contribution in [0.5, 0.6) is 0 Å². The molecule has 100 valence electrons. The number of pyridine rings is 1. The van der Waals surface area contributed by atoms with Gasteiger partial charge in [-0.1, -0.05) is 19.8 Å². The van der Waals surface area contributed by atoms with Crippen LogP contribution in [0.25, 0.3) is 0 Å². The van der Waals surface area contributed by atoms with Gasteiger partial charge in [-0.2, -0.15) is 0 Å². The first kappa shape index (κ1) is 13.3. The Bertz CT molecular complexity index is 388. The minimum absolute atomic E-state index is 0.185. The number of anilines is 1. The summed E-state index contributed by atoms with van der Waals surface area (Å²) < 4.78 is 13.5. The SMILES string of the molecule is CCN(C)C1(CNc2ccncc2F)CCCC1. The van der Waals surface area contributed by atoms with Crippen molar-refractivity contribution in [1.82, 2.24) is 9.88 Å². The molecule has 1 aliphatic carbocycles. The molecule has 4 heteroatoms. The van der Waals surface area contributed by atoms with E-state index in [0.717, 1.165) is 13.1 Å². The van der Waals surface area contributed by atoms with E-state index in [1.807, 2.05) is 0 Å². The van der Waals surface area contributed by atoms with Gasteiger partial charge in [0.25, 0.3) is 0 Å². The molecule has 1 aromatic rings. The lowest BCUT2D eigenvalue weighted by Gasteiger charge is -2.38. The summed E-state index contributed by atoms with van der Waals surface area (Å²) in [4.78, 5) is 6.16. The first-order chi connectivity index (χ1) is 8.68. The van der Waals surface area contributed by atoms with E-state index in [2.05, 4.69) is 29.2 Å². The van der Waals surface area contributed by atoms with Gasteiger partial charge in [-0.15, -0.1) is 0 Å². The monoisotopic (exact) mass is 251 g/mol. The van der Waals surface area contributed by atoms with E-state index in [0.29, 0.717) is 5.69 Å². The molecule has 18 heavy (non-hydrogen) atoms. The maximum absolute atomic E-state index is 13.5. The summed E-state index contributed by atoms with van der Waals surface area (Å²) in [5, 5.41) is 3.25. The molecule has 0 amide bonds. The quantitative estimate of drug-likeness (QED) is 0.872. The molecule has 1 N–H and O–H groups in total. The van der Waals surface area contributed by atoms with Gasteiger partial charge in [0, 0.05) is 18.3 Å². The lowest BCUT2D eigenvalue weighted by Crippen LogP contribution is -2.49. The zero-order valence-electron chi connectivity index (χ0n) is 11.2. The first-order valence-electron chi connectivity index (χ1n) is 6.72. The fourth-order valence-corrected chi connectivity index (χ4v) is 2.84. The van der Waals surface area contributed by atoms with Gasteiger partial charge in [0.1, 0.15) is 0 Å². The van der Waals surface area contributed by atoms with Crippen LogP contribution < -0.4 is 5.32 Å². The van der Waals surface area contributed by atoms with Crippen LogP contribution in [-0.2, 0) is 0 Å². The summed E-state index contributed by atoms with van der Waals surface area (Å²) in [5.74, 6) is -0.273. The van der Waals surface area contributed by atoms with Gasteiger partial charge < -0.3 is 5.32 Å².